The number of nitrogens with zero attached hydrogens (tertiary/aromatic N) is 1. The van der Waals surface area contributed by atoms with E-state index in [-0.39, 0.29) is 5.69 Å². The van der Waals surface area contributed by atoms with E-state index >= 15 is 0 Å². The van der Waals surface area contributed by atoms with Gasteiger partial charge in [0, 0.05) is 23.0 Å². The molecule has 0 radical (unpaired) electrons. The lowest BCUT2D eigenvalue weighted by molar-refractivity contribution is -0.384. The average molecular weight is 352 g/mol. The van der Waals surface area contributed by atoms with E-state index in [0.717, 1.165) is 11.3 Å². The number of benzene rings is 2. The second-order valence-corrected chi connectivity index (χ2v) is 4.75. The van der Waals surface area contributed by atoms with Crippen molar-refractivity contribution in [1.82, 2.24) is 0 Å². The normalized spacial score (nSPS) is 10.1. The summed E-state index contributed by atoms with van der Waals surface area (Å²) in [6, 6.07) is 14.0. The van der Waals surface area contributed by atoms with Crippen molar-refractivity contribution in [1.29, 1.82) is 0 Å². The first-order chi connectivity index (χ1) is 10.2. The van der Waals surface area contributed by atoms with Gasteiger partial charge in [0.15, 0.2) is 0 Å². The van der Waals surface area contributed by atoms with E-state index in [1.54, 1.807) is 6.07 Å². The molecule has 0 N–H and O–H groups in total. The Labute approximate surface area is 130 Å². The van der Waals surface area contributed by atoms with Gasteiger partial charge in [-0.25, -0.2) is 0 Å². The Morgan fingerprint density at radius 3 is 2.43 bits per heavy atom. The summed E-state index contributed by atoms with van der Waals surface area (Å²) in [7, 11) is 0. The van der Waals surface area contributed by atoms with Crippen LogP contribution in [0, 0.1) is 10.1 Å². The molecule has 0 bridgehead atoms. The third kappa shape index (κ3) is 4.46. The van der Waals surface area contributed by atoms with Crippen molar-refractivity contribution >= 4 is 21.6 Å². The van der Waals surface area contributed by atoms with Crippen LogP contribution in [0.3, 0.4) is 0 Å². The summed E-state index contributed by atoms with van der Waals surface area (Å²) >= 11 is 3.30. The van der Waals surface area contributed by atoms with Crippen LogP contribution in [0.4, 0.5) is 5.69 Å². The van der Waals surface area contributed by atoms with Crippen molar-refractivity contribution in [2.45, 2.75) is 5.33 Å². The molecule has 0 heterocycles. The molecule has 0 atom stereocenters. The van der Waals surface area contributed by atoms with Crippen LogP contribution >= 0.6 is 15.9 Å². The Hall–Kier alpha value is -2.08. The number of nitro groups is 1. The number of para-hydroxylation sites is 1. The molecule has 0 amide bonds. The van der Waals surface area contributed by atoms with Gasteiger partial charge in [0.2, 0.25) is 0 Å². The Balaban J connectivity index is 1.89. The third-order valence-corrected chi connectivity index (χ3v) is 3.36. The van der Waals surface area contributed by atoms with Gasteiger partial charge in [-0.1, -0.05) is 34.1 Å². The smallest absolute Gasteiger partial charge is 0.270 e. The molecule has 0 aliphatic heterocycles. The molecule has 2 rings (SSSR count). The minimum atomic E-state index is -0.422. The Morgan fingerprint density at radius 2 is 1.76 bits per heavy atom. The van der Waals surface area contributed by atoms with Gasteiger partial charge >= 0.3 is 0 Å². The molecule has 5 nitrogen and oxygen atoms in total. The number of hydrogen-bond acceptors (Lipinski definition) is 4. The molecule has 0 spiro atoms. The number of ether oxygens (including phenoxy) is 2. The lowest BCUT2D eigenvalue weighted by Gasteiger charge is -2.11. The number of nitro benzene ring substituents is 1. The number of rotatable bonds is 7. The number of alkyl halides is 1. The lowest BCUT2D eigenvalue weighted by atomic mass is 10.2. The summed E-state index contributed by atoms with van der Waals surface area (Å²) in [5.74, 6) is 1.40. The summed E-state index contributed by atoms with van der Waals surface area (Å²) in [6.45, 7) is 0.773. The van der Waals surface area contributed by atoms with Gasteiger partial charge < -0.3 is 9.47 Å². The lowest BCUT2D eigenvalue weighted by Crippen LogP contribution is -2.09. The third-order valence-electron chi connectivity index (χ3n) is 2.75. The van der Waals surface area contributed by atoms with Crippen LogP contribution in [-0.4, -0.2) is 18.1 Å². The molecule has 0 aromatic heterocycles. The SMILES string of the molecule is O=[N+]([O-])c1ccc(OCCOc2ccccc2)c(CBr)c1. The van der Waals surface area contributed by atoms with Crippen LogP contribution in [0.5, 0.6) is 11.5 Å². The van der Waals surface area contributed by atoms with E-state index in [1.807, 2.05) is 30.3 Å². The molecule has 0 fully saturated rings. The zero-order valence-electron chi connectivity index (χ0n) is 11.2. The van der Waals surface area contributed by atoms with Crippen molar-refractivity contribution < 1.29 is 14.4 Å². The zero-order valence-corrected chi connectivity index (χ0v) is 12.8. The fourth-order valence-corrected chi connectivity index (χ4v) is 2.19. The molecule has 110 valence electrons. The first-order valence-corrected chi connectivity index (χ1v) is 7.47. The fraction of sp³-hybridized carbons (Fsp3) is 0.200. The molecule has 0 aliphatic carbocycles. The minimum Gasteiger partial charge on any atom is -0.490 e. The standard InChI is InChI=1S/C15H14BrNO4/c16-11-12-10-13(17(18)19)6-7-15(12)21-9-8-20-14-4-2-1-3-5-14/h1-7,10H,8-9,11H2. The summed E-state index contributed by atoms with van der Waals surface area (Å²) in [5, 5.41) is 11.2. The van der Waals surface area contributed by atoms with Crippen molar-refractivity contribution in [2.75, 3.05) is 13.2 Å². The first kappa shape index (κ1) is 15.3. The van der Waals surface area contributed by atoms with Crippen molar-refractivity contribution in [3.63, 3.8) is 0 Å². The van der Waals surface area contributed by atoms with Crippen molar-refractivity contribution in [3.05, 3.63) is 64.2 Å². The Bertz CT molecular complexity index is 604. The van der Waals surface area contributed by atoms with Crippen molar-refractivity contribution in [3.8, 4) is 11.5 Å². The van der Waals surface area contributed by atoms with E-state index in [2.05, 4.69) is 15.9 Å². The maximum atomic E-state index is 10.7. The van der Waals surface area contributed by atoms with Gasteiger partial charge in [0.1, 0.15) is 24.7 Å². The van der Waals surface area contributed by atoms with Crippen LogP contribution < -0.4 is 9.47 Å². The first-order valence-electron chi connectivity index (χ1n) is 6.34. The minimum absolute atomic E-state index is 0.0531. The van der Waals surface area contributed by atoms with Crippen molar-refractivity contribution in [2.24, 2.45) is 0 Å². The van der Waals surface area contributed by atoms with E-state index in [1.165, 1.54) is 12.1 Å². The van der Waals surface area contributed by atoms with E-state index in [4.69, 9.17) is 9.47 Å². The highest BCUT2D eigenvalue weighted by Gasteiger charge is 2.10. The topological polar surface area (TPSA) is 61.6 Å². The largest absolute Gasteiger partial charge is 0.490 e. The van der Waals surface area contributed by atoms with Crippen LogP contribution in [0.25, 0.3) is 0 Å². The van der Waals surface area contributed by atoms with Gasteiger partial charge in [0.05, 0.1) is 4.92 Å². The van der Waals surface area contributed by atoms with Crippen LogP contribution in [0.2, 0.25) is 0 Å². The predicted molar refractivity (Wildman–Crippen MR) is 83.2 cm³/mol. The second kappa shape index (κ2) is 7.64. The number of hydrogen-bond donors (Lipinski definition) is 0. The molecule has 6 heteroatoms. The molecule has 0 unspecified atom stereocenters. The highest BCUT2D eigenvalue weighted by atomic mass is 79.9. The maximum absolute atomic E-state index is 10.7. The Morgan fingerprint density at radius 1 is 1.05 bits per heavy atom. The van der Waals surface area contributed by atoms with Crippen LogP contribution in [-0.2, 0) is 5.33 Å². The van der Waals surface area contributed by atoms with Gasteiger partial charge in [-0.3, -0.25) is 10.1 Å². The molecular weight excluding hydrogens is 338 g/mol. The van der Waals surface area contributed by atoms with Gasteiger partial charge in [0.25, 0.3) is 5.69 Å². The van der Waals surface area contributed by atoms with E-state index in [9.17, 15) is 10.1 Å². The fourth-order valence-electron chi connectivity index (χ4n) is 1.75. The monoisotopic (exact) mass is 351 g/mol. The summed E-state index contributed by atoms with van der Waals surface area (Å²) in [6.07, 6.45) is 0. The van der Waals surface area contributed by atoms with Crippen LogP contribution in [0.1, 0.15) is 5.56 Å². The number of non-ortho nitro benzene ring substituents is 1. The molecular formula is C15H14BrNO4. The molecule has 2 aromatic rings. The van der Waals surface area contributed by atoms with Gasteiger partial charge in [-0.15, -0.1) is 0 Å². The van der Waals surface area contributed by atoms with E-state index in [0.29, 0.717) is 24.3 Å². The Kier molecular flexibility index (Phi) is 5.57. The molecule has 21 heavy (non-hydrogen) atoms. The molecule has 0 aliphatic rings. The zero-order chi connectivity index (χ0) is 15.1. The van der Waals surface area contributed by atoms with Crippen LogP contribution in [0.15, 0.2) is 48.5 Å². The van der Waals surface area contributed by atoms with Gasteiger partial charge in [-0.05, 0) is 18.2 Å². The molecule has 2 aromatic carbocycles. The number of halogens is 1. The quantitative estimate of drug-likeness (QED) is 0.328. The summed E-state index contributed by atoms with van der Waals surface area (Å²) in [5.41, 5.74) is 0.793. The second-order valence-electron chi connectivity index (χ2n) is 4.19. The predicted octanol–water partition coefficient (Wildman–Crippen LogP) is 3.95. The average Bonchev–Trinajstić information content (AvgIpc) is 2.52. The molecule has 0 saturated carbocycles. The summed E-state index contributed by atoms with van der Waals surface area (Å²) in [4.78, 5) is 10.3. The van der Waals surface area contributed by atoms with E-state index < -0.39 is 4.92 Å². The maximum Gasteiger partial charge on any atom is 0.270 e. The highest BCUT2D eigenvalue weighted by molar-refractivity contribution is 9.08. The highest BCUT2D eigenvalue weighted by Crippen LogP contribution is 2.26. The van der Waals surface area contributed by atoms with Gasteiger partial charge in [-0.2, -0.15) is 0 Å². The molecule has 0 saturated heterocycles. The summed E-state index contributed by atoms with van der Waals surface area (Å²) < 4.78 is 11.1.